The Bertz CT molecular complexity index is 658. The van der Waals surface area contributed by atoms with E-state index < -0.39 is 0 Å². The van der Waals surface area contributed by atoms with Crippen molar-refractivity contribution in [2.24, 2.45) is 0 Å². The van der Waals surface area contributed by atoms with Crippen LogP contribution in [0.5, 0.6) is 0 Å². The van der Waals surface area contributed by atoms with Gasteiger partial charge >= 0.3 is 5.97 Å². The second-order valence-corrected chi connectivity index (χ2v) is 12.7. The summed E-state index contributed by atoms with van der Waals surface area (Å²) in [4.78, 5) is 11.6. The third-order valence-corrected chi connectivity index (χ3v) is 7.97. The van der Waals surface area contributed by atoms with Crippen LogP contribution in [0, 0.1) is 0 Å². The van der Waals surface area contributed by atoms with Crippen molar-refractivity contribution in [1.29, 1.82) is 0 Å². The Morgan fingerprint density at radius 3 is 0.808 bits per heavy atom. The van der Waals surface area contributed by atoms with Crippen LogP contribution in [0.4, 0.5) is 0 Å². The second-order valence-electron chi connectivity index (χ2n) is 12.7. The molecule has 0 radical (unpaired) electrons. The Balaban J connectivity index is 3.08. The van der Waals surface area contributed by atoms with Crippen molar-refractivity contribution in [2.75, 3.05) is 139 Å². The summed E-state index contributed by atoms with van der Waals surface area (Å²) in [6, 6.07) is 0. The van der Waals surface area contributed by atoms with Crippen LogP contribution in [0.15, 0.2) is 0 Å². The average Bonchev–Trinajstić information content (AvgIpc) is 3.15. The molecule has 0 N–H and O–H groups in total. The summed E-state index contributed by atoms with van der Waals surface area (Å²) in [5.74, 6) is -0.144. The average molecular weight is 753 g/mol. The number of rotatable bonds is 47. The fourth-order valence-electron chi connectivity index (χ4n) is 4.93. The number of ether oxygens (including phenoxy) is 11. The fourth-order valence-corrected chi connectivity index (χ4v) is 4.93. The molecule has 0 fully saturated rings. The zero-order valence-electron chi connectivity index (χ0n) is 33.6. The van der Waals surface area contributed by atoms with Gasteiger partial charge in [-0.3, -0.25) is 4.79 Å². The number of unbranched alkanes of at least 4 members (excludes halogenated alkanes) is 13. The summed E-state index contributed by atoms with van der Waals surface area (Å²) in [6.07, 6.45) is 19.5. The van der Waals surface area contributed by atoms with Crippen LogP contribution in [0.2, 0.25) is 0 Å². The maximum atomic E-state index is 11.6. The summed E-state index contributed by atoms with van der Waals surface area (Å²) in [5, 5.41) is 0. The van der Waals surface area contributed by atoms with Gasteiger partial charge < -0.3 is 52.1 Å². The van der Waals surface area contributed by atoms with Gasteiger partial charge in [0.05, 0.1) is 126 Å². The van der Waals surface area contributed by atoms with Gasteiger partial charge in [0, 0.05) is 13.0 Å². The Labute approximate surface area is 317 Å². The lowest BCUT2D eigenvalue weighted by Crippen LogP contribution is -2.15. The van der Waals surface area contributed by atoms with Crippen LogP contribution < -0.4 is 0 Å². The van der Waals surface area contributed by atoms with Crippen molar-refractivity contribution in [1.82, 2.24) is 0 Å². The lowest BCUT2D eigenvalue weighted by molar-refractivity contribution is -0.145. The summed E-state index contributed by atoms with van der Waals surface area (Å²) in [6.45, 7) is 15.4. The molecule has 0 amide bonds. The highest BCUT2D eigenvalue weighted by Crippen LogP contribution is 2.10. The van der Waals surface area contributed by atoms with Gasteiger partial charge in [0.2, 0.25) is 0 Å². The van der Waals surface area contributed by atoms with Gasteiger partial charge in [-0.05, 0) is 12.8 Å². The highest BCUT2D eigenvalue weighted by molar-refractivity contribution is 5.69. The summed E-state index contributed by atoms with van der Waals surface area (Å²) in [5.41, 5.74) is 0. The minimum atomic E-state index is -0.144. The molecule has 0 bridgehead atoms. The Hall–Kier alpha value is -0.930. The molecule has 0 saturated carbocycles. The number of esters is 1. The first-order chi connectivity index (χ1) is 25.8. The van der Waals surface area contributed by atoms with Gasteiger partial charge in [-0.1, -0.05) is 97.3 Å². The molecule has 0 atom stereocenters. The second kappa shape index (κ2) is 48.1. The van der Waals surface area contributed by atoms with Crippen molar-refractivity contribution in [3.05, 3.63) is 0 Å². The quantitative estimate of drug-likeness (QED) is 0.0472. The molecule has 312 valence electrons. The van der Waals surface area contributed by atoms with E-state index in [1.54, 1.807) is 0 Å². The van der Waals surface area contributed by atoms with E-state index in [9.17, 15) is 4.79 Å². The van der Waals surface area contributed by atoms with E-state index in [0.717, 1.165) is 25.9 Å². The molecule has 0 spiro atoms. The molecule has 52 heavy (non-hydrogen) atoms. The zero-order chi connectivity index (χ0) is 37.5. The Morgan fingerprint density at radius 1 is 0.269 bits per heavy atom. The van der Waals surface area contributed by atoms with Crippen LogP contribution in [-0.2, 0) is 56.9 Å². The van der Waals surface area contributed by atoms with Crippen LogP contribution in [0.25, 0.3) is 0 Å². The zero-order valence-corrected chi connectivity index (χ0v) is 33.6. The lowest BCUT2D eigenvalue weighted by atomic mass is 10.1. The van der Waals surface area contributed by atoms with Crippen molar-refractivity contribution in [3.63, 3.8) is 0 Å². The maximum absolute atomic E-state index is 11.6. The summed E-state index contributed by atoms with van der Waals surface area (Å²) in [7, 11) is 0. The highest BCUT2D eigenvalue weighted by atomic mass is 16.6. The van der Waals surface area contributed by atoms with Crippen molar-refractivity contribution in [2.45, 2.75) is 117 Å². The standard InChI is InChI=1S/C40H80O12/c1-3-5-7-9-10-11-12-13-15-17-19-42-20-21-43-22-23-44-24-25-45-26-27-46-28-29-47-30-31-48-32-33-49-34-35-50-36-37-51-38-39-52-40(41)18-16-14-8-6-4-2/h3-39H2,1-2H3. The van der Waals surface area contributed by atoms with E-state index >= 15 is 0 Å². The first-order valence-corrected chi connectivity index (χ1v) is 20.7. The molecule has 0 unspecified atom stereocenters. The Kier molecular flexibility index (Phi) is 47.2. The molecule has 12 nitrogen and oxygen atoms in total. The lowest BCUT2D eigenvalue weighted by Gasteiger charge is -2.09. The van der Waals surface area contributed by atoms with Crippen LogP contribution in [0.3, 0.4) is 0 Å². The molecule has 0 rings (SSSR count). The predicted molar refractivity (Wildman–Crippen MR) is 204 cm³/mol. The number of carbonyl (C=O) groups excluding carboxylic acids is 1. The fraction of sp³-hybridized carbons (Fsp3) is 0.975. The van der Waals surface area contributed by atoms with Crippen molar-refractivity contribution in [3.8, 4) is 0 Å². The van der Waals surface area contributed by atoms with Gasteiger partial charge in [-0.15, -0.1) is 0 Å². The molecule has 0 aliphatic rings. The van der Waals surface area contributed by atoms with Crippen LogP contribution >= 0.6 is 0 Å². The SMILES string of the molecule is CCCCCCCCCCCCOCCOCCOCCOCCOCCOCCOCCOCCOCCOCCOC(=O)CCCCCCC. The van der Waals surface area contributed by atoms with E-state index in [1.807, 2.05) is 0 Å². The maximum Gasteiger partial charge on any atom is 0.305 e. The van der Waals surface area contributed by atoms with E-state index in [4.69, 9.17) is 52.1 Å². The normalized spacial score (nSPS) is 11.5. The van der Waals surface area contributed by atoms with E-state index in [0.29, 0.717) is 132 Å². The predicted octanol–water partition coefficient (Wildman–Crippen LogP) is 6.98. The first-order valence-electron chi connectivity index (χ1n) is 20.7. The third kappa shape index (κ3) is 47.1. The molecule has 0 aliphatic heterocycles. The number of hydrogen-bond acceptors (Lipinski definition) is 12. The molecule has 0 aromatic carbocycles. The van der Waals surface area contributed by atoms with Gasteiger partial charge in [-0.2, -0.15) is 0 Å². The molecule has 0 heterocycles. The topological polar surface area (TPSA) is 119 Å². The molecule has 0 saturated heterocycles. The monoisotopic (exact) mass is 753 g/mol. The van der Waals surface area contributed by atoms with E-state index in [2.05, 4.69) is 13.8 Å². The smallest absolute Gasteiger partial charge is 0.305 e. The van der Waals surface area contributed by atoms with Gasteiger partial charge in [0.15, 0.2) is 0 Å². The molecular weight excluding hydrogens is 672 g/mol. The van der Waals surface area contributed by atoms with Crippen molar-refractivity contribution >= 4 is 5.97 Å². The molecule has 0 aromatic rings. The molecule has 12 heteroatoms. The highest BCUT2D eigenvalue weighted by Gasteiger charge is 2.02. The molecular formula is C40H80O12. The molecule has 0 aliphatic carbocycles. The summed E-state index contributed by atoms with van der Waals surface area (Å²) < 4.78 is 60.3. The van der Waals surface area contributed by atoms with Gasteiger partial charge in [0.1, 0.15) is 6.61 Å². The largest absolute Gasteiger partial charge is 0.463 e. The number of carbonyl (C=O) groups is 1. The first kappa shape index (κ1) is 51.1. The van der Waals surface area contributed by atoms with Crippen LogP contribution in [-0.4, -0.2) is 145 Å². The minimum absolute atomic E-state index is 0.144. The van der Waals surface area contributed by atoms with Gasteiger partial charge in [0.25, 0.3) is 0 Å². The minimum Gasteiger partial charge on any atom is -0.463 e. The van der Waals surface area contributed by atoms with E-state index in [-0.39, 0.29) is 12.6 Å². The summed E-state index contributed by atoms with van der Waals surface area (Å²) >= 11 is 0. The van der Waals surface area contributed by atoms with Gasteiger partial charge in [-0.25, -0.2) is 0 Å². The number of hydrogen-bond donors (Lipinski definition) is 0. The van der Waals surface area contributed by atoms with Crippen LogP contribution in [0.1, 0.15) is 117 Å². The Morgan fingerprint density at radius 2 is 0.500 bits per heavy atom. The van der Waals surface area contributed by atoms with E-state index in [1.165, 1.54) is 77.0 Å². The molecule has 0 aromatic heterocycles. The van der Waals surface area contributed by atoms with Crippen molar-refractivity contribution < 1.29 is 56.9 Å². The third-order valence-electron chi connectivity index (χ3n) is 7.97.